The van der Waals surface area contributed by atoms with Crippen molar-refractivity contribution in [1.29, 1.82) is 0 Å². The molecular formula is C27H31ClN4O2. The summed E-state index contributed by atoms with van der Waals surface area (Å²) in [6, 6.07) is 9.80. The Morgan fingerprint density at radius 1 is 1.29 bits per heavy atom. The number of aryl methyl sites for hydroxylation is 1. The van der Waals surface area contributed by atoms with Crippen LogP contribution in [0.1, 0.15) is 36.2 Å². The fraction of sp³-hybridized carbons (Fsp3) is 0.296. The second-order valence-corrected chi connectivity index (χ2v) is 8.90. The highest BCUT2D eigenvalue weighted by Crippen LogP contribution is 2.32. The van der Waals surface area contributed by atoms with Gasteiger partial charge in [0.05, 0.1) is 0 Å². The van der Waals surface area contributed by atoms with Crippen LogP contribution in [0.4, 0.5) is 0 Å². The molecule has 6 nitrogen and oxygen atoms in total. The molecule has 34 heavy (non-hydrogen) atoms. The first-order valence-corrected chi connectivity index (χ1v) is 11.5. The monoisotopic (exact) mass is 478 g/mol. The third-order valence-electron chi connectivity index (χ3n) is 5.41. The van der Waals surface area contributed by atoms with Crippen LogP contribution in [0.2, 0.25) is 5.15 Å². The highest BCUT2D eigenvalue weighted by molar-refractivity contribution is 6.30. The maximum absolute atomic E-state index is 12.0. The number of benzene rings is 1. The van der Waals surface area contributed by atoms with E-state index >= 15 is 0 Å². The maximum Gasteiger partial charge on any atom is 0.222 e. The minimum Gasteiger partial charge on any atom is -0.486 e. The maximum atomic E-state index is 12.0. The van der Waals surface area contributed by atoms with E-state index in [-0.39, 0.29) is 18.4 Å². The van der Waals surface area contributed by atoms with E-state index in [1.807, 2.05) is 65.2 Å². The number of allylic oxidation sites excluding steroid dienone is 2. The minimum absolute atomic E-state index is 0.0228. The van der Waals surface area contributed by atoms with Gasteiger partial charge >= 0.3 is 0 Å². The van der Waals surface area contributed by atoms with Gasteiger partial charge in [-0.05, 0) is 36.8 Å². The number of fused-ring (bicyclic) bond motifs is 1. The van der Waals surface area contributed by atoms with Crippen molar-refractivity contribution in [3.63, 3.8) is 0 Å². The number of hydrogen-bond acceptors (Lipinski definition) is 5. The Morgan fingerprint density at radius 3 is 2.74 bits per heavy atom. The minimum atomic E-state index is -0.0987. The molecule has 7 heteroatoms. The van der Waals surface area contributed by atoms with Crippen LogP contribution < -0.4 is 10.1 Å². The van der Waals surface area contributed by atoms with E-state index in [1.165, 1.54) is 0 Å². The van der Waals surface area contributed by atoms with Crippen LogP contribution in [0.5, 0.6) is 5.75 Å². The predicted molar refractivity (Wildman–Crippen MR) is 139 cm³/mol. The molecule has 0 aliphatic rings. The highest BCUT2D eigenvalue weighted by Gasteiger charge is 2.16. The molecule has 0 radical (unpaired) electrons. The Bertz CT molecular complexity index is 1230. The summed E-state index contributed by atoms with van der Waals surface area (Å²) in [5.41, 5.74) is 5.33. The van der Waals surface area contributed by atoms with Gasteiger partial charge in [-0.3, -0.25) is 4.79 Å². The van der Waals surface area contributed by atoms with Gasteiger partial charge in [0.25, 0.3) is 0 Å². The summed E-state index contributed by atoms with van der Waals surface area (Å²) in [6.07, 6.45) is 5.39. The molecule has 0 aliphatic carbocycles. The average molecular weight is 479 g/mol. The van der Waals surface area contributed by atoms with Crippen LogP contribution in [0.25, 0.3) is 16.6 Å². The Balaban J connectivity index is 1.96. The van der Waals surface area contributed by atoms with Crippen molar-refractivity contribution in [2.75, 3.05) is 14.1 Å². The van der Waals surface area contributed by atoms with Crippen molar-refractivity contribution in [3.8, 4) is 5.75 Å². The summed E-state index contributed by atoms with van der Waals surface area (Å²) in [6.45, 7) is 10.1. The first kappa shape index (κ1) is 25.2. The summed E-state index contributed by atoms with van der Waals surface area (Å²) in [5, 5.41) is 4.26. The molecule has 1 amide bonds. The first-order chi connectivity index (χ1) is 16.2. The molecule has 0 bridgehead atoms. The largest absolute Gasteiger partial charge is 0.486 e. The number of halogens is 1. The third-order valence-corrected chi connectivity index (χ3v) is 5.74. The lowest BCUT2D eigenvalue weighted by atomic mass is 10.0. The summed E-state index contributed by atoms with van der Waals surface area (Å²) < 4.78 is 6.24. The smallest absolute Gasteiger partial charge is 0.222 e. The molecule has 0 aliphatic heterocycles. The van der Waals surface area contributed by atoms with E-state index in [9.17, 15) is 4.79 Å². The lowest BCUT2D eigenvalue weighted by Crippen LogP contribution is -2.27. The van der Waals surface area contributed by atoms with Gasteiger partial charge in [-0.2, -0.15) is 0 Å². The van der Waals surface area contributed by atoms with Gasteiger partial charge in [-0.15, -0.1) is 0 Å². The molecule has 0 fully saturated rings. The number of para-hydroxylation sites is 1. The molecule has 1 N–H and O–H groups in total. The predicted octanol–water partition coefficient (Wildman–Crippen LogP) is 5.53. The number of hydrogen-bond donors (Lipinski definition) is 1. The quantitative estimate of drug-likeness (QED) is 0.323. The normalized spacial score (nSPS) is 11.6. The molecule has 2 heterocycles. The Kier molecular flexibility index (Phi) is 8.29. The lowest BCUT2D eigenvalue weighted by molar-refractivity contribution is -0.124. The molecule has 1 aromatic carbocycles. The first-order valence-electron chi connectivity index (χ1n) is 11.2. The second kappa shape index (κ2) is 11.2. The van der Waals surface area contributed by atoms with Crippen LogP contribution in [-0.4, -0.2) is 34.9 Å². The molecular weight excluding hydrogens is 448 g/mol. The number of aromatic nitrogens is 2. The van der Waals surface area contributed by atoms with Gasteiger partial charge in [0.2, 0.25) is 5.91 Å². The van der Waals surface area contributed by atoms with Crippen molar-refractivity contribution >= 4 is 34.1 Å². The zero-order chi connectivity index (χ0) is 24.8. The van der Waals surface area contributed by atoms with Crippen LogP contribution in [0.3, 0.4) is 0 Å². The van der Waals surface area contributed by atoms with E-state index in [1.54, 1.807) is 12.3 Å². The van der Waals surface area contributed by atoms with Crippen LogP contribution >= 0.6 is 11.6 Å². The van der Waals surface area contributed by atoms with Gasteiger partial charge in [0, 0.05) is 60.7 Å². The van der Waals surface area contributed by atoms with Crippen LogP contribution in [0, 0.1) is 12.8 Å². The number of pyridine rings is 2. The van der Waals surface area contributed by atoms with E-state index < -0.39 is 0 Å². The number of nitrogens with zero attached hydrogens (tertiary/aromatic N) is 3. The summed E-state index contributed by atoms with van der Waals surface area (Å²) >= 11 is 6.41. The molecule has 3 rings (SSSR count). The van der Waals surface area contributed by atoms with Gasteiger partial charge in [-0.25, -0.2) is 9.97 Å². The number of carbonyl (C=O) groups is 1. The fourth-order valence-corrected chi connectivity index (χ4v) is 3.86. The zero-order valence-electron chi connectivity index (χ0n) is 20.4. The van der Waals surface area contributed by atoms with Crippen molar-refractivity contribution in [2.45, 2.75) is 33.9 Å². The molecule has 0 saturated carbocycles. The zero-order valence-corrected chi connectivity index (χ0v) is 21.1. The fourth-order valence-electron chi connectivity index (χ4n) is 3.63. The topological polar surface area (TPSA) is 67.3 Å². The number of nitrogens with one attached hydrogen (secondary N) is 1. The second-order valence-electron chi connectivity index (χ2n) is 8.55. The number of ether oxygens (including phenoxy) is 1. The van der Waals surface area contributed by atoms with Gasteiger partial charge in [-0.1, -0.05) is 50.2 Å². The Labute approximate surface area is 206 Å². The van der Waals surface area contributed by atoms with Crippen LogP contribution in [0.15, 0.2) is 55.3 Å². The lowest BCUT2D eigenvalue weighted by Gasteiger charge is -2.20. The summed E-state index contributed by atoms with van der Waals surface area (Å²) in [7, 11) is 4.00. The molecule has 0 saturated heterocycles. The number of rotatable bonds is 9. The van der Waals surface area contributed by atoms with Gasteiger partial charge < -0.3 is 15.0 Å². The van der Waals surface area contributed by atoms with E-state index in [0.29, 0.717) is 17.4 Å². The SMILES string of the molecule is C=C/C=C(/c1cc(C)nc2c(OCc3c(CNC(=O)C(C)C)ccnc3Cl)cccc12)N(C)C. The van der Waals surface area contributed by atoms with Crippen molar-refractivity contribution in [3.05, 3.63) is 82.8 Å². The summed E-state index contributed by atoms with van der Waals surface area (Å²) in [4.78, 5) is 23.1. The number of amides is 1. The van der Waals surface area contributed by atoms with E-state index in [0.717, 1.165) is 39.0 Å². The molecule has 0 spiro atoms. The van der Waals surface area contributed by atoms with E-state index in [2.05, 4.69) is 27.8 Å². The molecule has 178 valence electrons. The molecule has 2 aromatic heterocycles. The Hall–Kier alpha value is -3.38. The third kappa shape index (κ3) is 5.75. The molecule has 0 atom stereocenters. The van der Waals surface area contributed by atoms with Crippen molar-refractivity contribution in [1.82, 2.24) is 20.2 Å². The van der Waals surface area contributed by atoms with Crippen molar-refractivity contribution < 1.29 is 9.53 Å². The van der Waals surface area contributed by atoms with Crippen LogP contribution in [-0.2, 0) is 17.9 Å². The standard InChI is InChI=1S/C27H31ClN4O2/c1-7-9-23(32(5)6)21-14-18(4)31-25-20(21)10-8-11-24(25)34-16-22-19(12-13-29-26(22)28)15-30-27(33)17(2)3/h7-14,17H,1,15-16H2,2-6H3,(H,30,33)/b23-9-. The average Bonchev–Trinajstić information content (AvgIpc) is 2.79. The number of carbonyl (C=O) groups excluding carboxylic acids is 1. The van der Waals surface area contributed by atoms with Crippen molar-refractivity contribution in [2.24, 2.45) is 5.92 Å². The summed E-state index contributed by atoms with van der Waals surface area (Å²) in [5.74, 6) is 0.528. The molecule has 3 aromatic rings. The Morgan fingerprint density at radius 2 is 2.06 bits per heavy atom. The van der Waals surface area contributed by atoms with Gasteiger partial charge in [0.1, 0.15) is 23.0 Å². The highest BCUT2D eigenvalue weighted by atomic mass is 35.5. The van der Waals surface area contributed by atoms with E-state index in [4.69, 9.17) is 21.3 Å². The molecule has 0 unspecified atom stereocenters. The van der Waals surface area contributed by atoms with Gasteiger partial charge in [0.15, 0.2) is 0 Å².